The molecule has 1 amide bonds. The Kier molecular flexibility index (Phi) is 5.45. The second-order valence-corrected chi connectivity index (χ2v) is 5.96. The Morgan fingerprint density at radius 1 is 0.793 bits per heavy atom. The summed E-state index contributed by atoms with van der Waals surface area (Å²) in [6.07, 6.45) is 0. The van der Waals surface area contributed by atoms with Crippen molar-refractivity contribution in [1.82, 2.24) is 0 Å². The number of hydrogen-bond donors (Lipinski definition) is 4. The van der Waals surface area contributed by atoms with Gasteiger partial charge in [-0.05, 0) is 42.5 Å². The molecule has 146 valence electrons. The number of carbonyl (C=O) groups excluding carboxylic acids is 1. The number of nitrogens with two attached hydrogens (primary N) is 1. The molecule has 5 N–H and O–H groups in total. The molecule has 0 radical (unpaired) electrons. The Bertz CT molecular complexity index is 1110. The minimum Gasteiger partial charge on any atom is -0.478 e. The van der Waals surface area contributed by atoms with Gasteiger partial charge in [-0.3, -0.25) is 4.79 Å². The summed E-state index contributed by atoms with van der Waals surface area (Å²) < 4.78 is 5.70. The summed E-state index contributed by atoms with van der Waals surface area (Å²) in [7, 11) is 0. The predicted molar refractivity (Wildman–Crippen MR) is 106 cm³/mol. The van der Waals surface area contributed by atoms with Crippen LogP contribution in [0.2, 0.25) is 0 Å². The van der Waals surface area contributed by atoms with Crippen molar-refractivity contribution in [2.24, 2.45) is 0 Å². The van der Waals surface area contributed by atoms with E-state index in [2.05, 4.69) is 5.32 Å². The molecular weight excluding hydrogens is 376 g/mol. The first-order chi connectivity index (χ1) is 13.9. The van der Waals surface area contributed by atoms with Crippen LogP contribution in [-0.2, 0) is 0 Å². The molecule has 0 heterocycles. The molecule has 0 aromatic heterocycles. The molecule has 0 aliphatic heterocycles. The quantitative estimate of drug-likeness (QED) is 0.469. The van der Waals surface area contributed by atoms with E-state index in [-0.39, 0.29) is 17.1 Å². The van der Waals surface area contributed by atoms with Crippen molar-refractivity contribution < 1.29 is 29.3 Å². The Hall–Kier alpha value is -4.33. The summed E-state index contributed by atoms with van der Waals surface area (Å²) >= 11 is 0. The lowest BCUT2D eigenvalue weighted by atomic mass is 10.1. The molecule has 0 unspecified atom stereocenters. The van der Waals surface area contributed by atoms with Gasteiger partial charge in [-0.25, -0.2) is 9.59 Å². The third-order valence-corrected chi connectivity index (χ3v) is 4.02. The molecule has 3 aromatic carbocycles. The van der Waals surface area contributed by atoms with Crippen molar-refractivity contribution in [3.8, 4) is 11.5 Å². The van der Waals surface area contributed by atoms with E-state index in [1.54, 1.807) is 48.5 Å². The van der Waals surface area contributed by atoms with E-state index in [4.69, 9.17) is 15.6 Å². The average molecular weight is 392 g/mol. The van der Waals surface area contributed by atoms with Crippen molar-refractivity contribution in [2.75, 3.05) is 11.1 Å². The summed E-state index contributed by atoms with van der Waals surface area (Å²) in [5.74, 6) is -2.84. The van der Waals surface area contributed by atoms with Gasteiger partial charge in [0.15, 0.2) is 5.75 Å². The fourth-order valence-electron chi connectivity index (χ4n) is 2.63. The molecule has 0 saturated heterocycles. The zero-order chi connectivity index (χ0) is 21.0. The van der Waals surface area contributed by atoms with E-state index in [1.807, 2.05) is 0 Å². The lowest BCUT2D eigenvalue weighted by Gasteiger charge is -2.13. The van der Waals surface area contributed by atoms with Crippen LogP contribution >= 0.6 is 0 Å². The molecule has 8 heteroatoms. The molecule has 3 aromatic rings. The summed E-state index contributed by atoms with van der Waals surface area (Å²) in [5, 5.41) is 21.1. The monoisotopic (exact) mass is 392 g/mol. The number of benzene rings is 3. The third-order valence-electron chi connectivity index (χ3n) is 4.02. The molecule has 0 saturated carbocycles. The molecule has 0 spiro atoms. The maximum atomic E-state index is 12.5. The molecular formula is C21H16N2O6. The van der Waals surface area contributed by atoms with E-state index in [0.717, 1.165) is 12.1 Å². The molecule has 3 rings (SSSR count). The number of nitrogen functional groups attached to an aromatic ring is 1. The average Bonchev–Trinajstić information content (AvgIpc) is 2.69. The second-order valence-electron chi connectivity index (χ2n) is 5.96. The molecule has 0 aliphatic rings. The number of rotatable bonds is 6. The minimum atomic E-state index is -1.39. The highest BCUT2D eigenvalue weighted by Gasteiger charge is 2.18. The zero-order valence-corrected chi connectivity index (χ0v) is 15.0. The summed E-state index contributed by atoms with van der Waals surface area (Å²) in [4.78, 5) is 35.0. The lowest BCUT2D eigenvalue weighted by molar-refractivity contribution is 0.0651. The number of hydrogen-bond acceptors (Lipinski definition) is 5. The molecule has 0 atom stereocenters. The van der Waals surface area contributed by atoms with Crippen molar-refractivity contribution in [3.63, 3.8) is 0 Å². The normalized spacial score (nSPS) is 10.2. The number of anilines is 2. The number of carboxylic acid groups (broad SMARTS) is 2. The number of carbonyl (C=O) groups is 3. The Balaban J connectivity index is 1.89. The van der Waals surface area contributed by atoms with Crippen LogP contribution in [-0.4, -0.2) is 28.1 Å². The van der Waals surface area contributed by atoms with Crippen LogP contribution in [0.15, 0.2) is 66.7 Å². The largest absolute Gasteiger partial charge is 0.478 e. The maximum Gasteiger partial charge on any atom is 0.336 e. The minimum absolute atomic E-state index is 0.105. The van der Waals surface area contributed by atoms with Crippen LogP contribution < -0.4 is 15.8 Å². The van der Waals surface area contributed by atoms with Crippen molar-refractivity contribution in [2.45, 2.75) is 0 Å². The lowest BCUT2D eigenvalue weighted by Crippen LogP contribution is -2.14. The molecule has 8 nitrogen and oxygen atoms in total. The van der Waals surface area contributed by atoms with E-state index in [9.17, 15) is 19.5 Å². The highest BCUT2D eigenvalue weighted by molar-refractivity contribution is 6.08. The SMILES string of the molecule is Nc1ccccc1C(=O)Nc1ccccc1Oc1ccc(C(=O)O)c(C(=O)O)c1. The van der Waals surface area contributed by atoms with Crippen LogP contribution in [0.4, 0.5) is 11.4 Å². The smallest absolute Gasteiger partial charge is 0.336 e. The second kappa shape index (κ2) is 8.13. The Morgan fingerprint density at radius 3 is 2.14 bits per heavy atom. The zero-order valence-electron chi connectivity index (χ0n) is 15.0. The molecule has 29 heavy (non-hydrogen) atoms. The van der Waals surface area contributed by atoms with Gasteiger partial charge in [-0.1, -0.05) is 24.3 Å². The summed E-state index contributed by atoms with van der Waals surface area (Å²) in [6, 6.07) is 16.7. The van der Waals surface area contributed by atoms with Crippen molar-refractivity contribution in [1.29, 1.82) is 0 Å². The number of carboxylic acids is 2. The highest BCUT2D eigenvalue weighted by Crippen LogP contribution is 2.31. The van der Waals surface area contributed by atoms with Crippen LogP contribution in [0.5, 0.6) is 11.5 Å². The van der Waals surface area contributed by atoms with Crippen LogP contribution in [0.25, 0.3) is 0 Å². The molecule has 0 aliphatic carbocycles. The van der Waals surface area contributed by atoms with Crippen LogP contribution in [0.1, 0.15) is 31.1 Å². The van der Waals surface area contributed by atoms with Gasteiger partial charge in [0.05, 0.1) is 22.4 Å². The van der Waals surface area contributed by atoms with Gasteiger partial charge >= 0.3 is 11.9 Å². The Labute approximate surface area is 165 Å². The highest BCUT2D eigenvalue weighted by atomic mass is 16.5. The van der Waals surface area contributed by atoms with Crippen LogP contribution in [0, 0.1) is 0 Å². The van der Waals surface area contributed by atoms with Gasteiger partial charge in [0, 0.05) is 5.69 Å². The number of ether oxygens (including phenoxy) is 1. The third kappa shape index (κ3) is 4.33. The van der Waals surface area contributed by atoms with Crippen molar-refractivity contribution >= 4 is 29.2 Å². The van der Waals surface area contributed by atoms with Gasteiger partial charge in [0.1, 0.15) is 5.75 Å². The fraction of sp³-hybridized carbons (Fsp3) is 0. The van der Waals surface area contributed by atoms with E-state index in [1.165, 1.54) is 6.07 Å². The molecule has 0 fully saturated rings. The number of nitrogens with one attached hydrogen (secondary N) is 1. The van der Waals surface area contributed by atoms with E-state index >= 15 is 0 Å². The van der Waals surface area contributed by atoms with Gasteiger partial charge in [-0.15, -0.1) is 0 Å². The first kappa shape index (κ1) is 19.4. The van der Waals surface area contributed by atoms with Gasteiger partial charge in [-0.2, -0.15) is 0 Å². The van der Waals surface area contributed by atoms with Crippen molar-refractivity contribution in [3.05, 3.63) is 83.4 Å². The summed E-state index contributed by atoms with van der Waals surface area (Å²) in [6.45, 7) is 0. The topological polar surface area (TPSA) is 139 Å². The van der Waals surface area contributed by atoms with Gasteiger partial charge in [0.2, 0.25) is 0 Å². The van der Waals surface area contributed by atoms with E-state index < -0.39 is 23.4 Å². The Morgan fingerprint density at radius 2 is 1.45 bits per heavy atom. The fourth-order valence-corrected chi connectivity index (χ4v) is 2.63. The predicted octanol–water partition coefficient (Wildman–Crippen LogP) is 3.71. The van der Waals surface area contributed by atoms with Gasteiger partial charge < -0.3 is 26.0 Å². The number of aromatic carboxylic acids is 2. The number of amides is 1. The first-order valence-corrected chi connectivity index (χ1v) is 8.40. The summed E-state index contributed by atoms with van der Waals surface area (Å²) in [5.41, 5.74) is 6.00. The maximum absolute atomic E-state index is 12.5. The van der Waals surface area contributed by atoms with Crippen LogP contribution in [0.3, 0.4) is 0 Å². The molecule has 0 bridgehead atoms. The first-order valence-electron chi connectivity index (χ1n) is 8.40. The van der Waals surface area contributed by atoms with E-state index in [0.29, 0.717) is 16.9 Å². The van der Waals surface area contributed by atoms with Gasteiger partial charge in [0.25, 0.3) is 5.91 Å². The standard InChI is InChI=1S/C21H16N2O6/c22-16-6-2-1-5-14(16)19(24)23-17-7-3-4-8-18(17)29-12-9-10-13(20(25)26)15(11-12)21(27)28/h1-11H,22H2,(H,23,24)(H,25,26)(H,27,28). The number of para-hydroxylation sites is 3.